The summed E-state index contributed by atoms with van der Waals surface area (Å²) in [5, 5.41) is 3.36. The summed E-state index contributed by atoms with van der Waals surface area (Å²) in [6.45, 7) is 1.43. The van der Waals surface area contributed by atoms with Crippen molar-refractivity contribution in [2.24, 2.45) is 0 Å². The van der Waals surface area contributed by atoms with Gasteiger partial charge in [-0.05, 0) is 49.4 Å². The van der Waals surface area contributed by atoms with Crippen LogP contribution in [0.25, 0.3) is 0 Å². The van der Waals surface area contributed by atoms with Crippen LogP contribution in [0.1, 0.15) is 6.92 Å². The van der Waals surface area contributed by atoms with E-state index in [-0.39, 0.29) is 15.7 Å². The van der Waals surface area contributed by atoms with E-state index in [1.807, 2.05) is 0 Å². The van der Waals surface area contributed by atoms with Crippen molar-refractivity contribution in [2.45, 2.75) is 17.9 Å². The Balaban J connectivity index is 2.15. The fourth-order valence-electron chi connectivity index (χ4n) is 1.99. The van der Waals surface area contributed by atoms with E-state index in [1.165, 1.54) is 32.2 Å². The first kappa shape index (κ1) is 19.5. The number of nitrogens with one attached hydrogen (secondary N) is 2. The Morgan fingerprint density at radius 1 is 1.08 bits per heavy atom. The van der Waals surface area contributed by atoms with Crippen molar-refractivity contribution in [3.05, 3.63) is 52.5 Å². The largest absolute Gasteiger partial charge is 0.495 e. The van der Waals surface area contributed by atoms with E-state index >= 15 is 0 Å². The molecule has 2 rings (SSSR count). The number of amides is 1. The summed E-state index contributed by atoms with van der Waals surface area (Å²) in [6.07, 6.45) is 0. The van der Waals surface area contributed by atoms with Crippen molar-refractivity contribution in [1.29, 1.82) is 0 Å². The van der Waals surface area contributed by atoms with Crippen LogP contribution in [0.3, 0.4) is 0 Å². The Morgan fingerprint density at radius 2 is 1.68 bits per heavy atom. The number of hydrogen-bond acceptors (Lipinski definition) is 4. The molecule has 0 aromatic heterocycles. The highest BCUT2D eigenvalue weighted by Crippen LogP contribution is 2.27. The molecule has 9 heteroatoms. The van der Waals surface area contributed by atoms with Gasteiger partial charge < -0.3 is 10.1 Å². The second-order valence-corrected chi connectivity index (χ2v) is 7.69. The van der Waals surface area contributed by atoms with E-state index in [0.717, 1.165) is 0 Å². The van der Waals surface area contributed by atoms with Crippen LogP contribution in [0.5, 0.6) is 5.75 Å². The monoisotopic (exact) mass is 402 g/mol. The van der Waals surface area contributed by atoms with Crippen LogP contribution in [0.4, 0.5) is 5.69 Å². The zero-order valence-electron chi connectivity index (χ0n) is 13.4. The number of rotatable bonds is 6. The number of benzene rings is 2. The molecule has 0 spiro atoms. The molecule has 0 fully saturated rings. The van der Waals surface area contributed by atoms with E-state index in [0.29, 0.717) is 10.7 Å². The predicted octanol–water partition coefficient (Wildman–Crippen LogP) is 3.31. The molecule has 134 valence electrons. The third kappa shape index (κ3) is 5.09. The van der Waals surface area contributed by atoms with Gasteiger partial charge in [-0.1, -0.05) is 23.2 Å². The number of hydrogen-bond donors (Lipinski definition) is 2. The molecule has 0 unspecified atom stereocenters. The van der Waals surface area contributed by atoms with Crippen molar-refractivity contribution in [3.8, 4) is 5.75 Å². The van der Waals surface area contributed by atoms with Crippen LogP contribution < -0.4 is 14.8 Å². The Labute approximate surface area is 156 Å². The zero-order valence-corrected chi connectivity index (χ0v) is 15.7. The van der Waals surface area contributed by atoms with Crippen LogP contribution >= 0.6 is 23.2 Å². The maximum Gasteiger partial charge on any atom is 0.245 e. The quantitative estimate of drug-likeness (QED) is 0.775. The van der Waals surface area contributed by atoms with Gasteiger partial charge in [0.15, 0.2) is 0 Å². The number of carbonyl (C=O) groups is 1. The Bertz CT molecular complexity index is 870. The van der Waals surface area contributed by atoms with Crippen molar-refractivity contribution >= 4 is 44.8 Å². The molecule has 0 aliphatic carbocycles. The normalized spacial score (nSPS) is 12.5. The first-order valence-electron chi connectivity index (χ1n) is 7.15. The summed E-state index contributed by atoms with van der Waals surface area (Å²) in [4.78, 5) is 12.1. The van der Waals surface area contributed by atoms with E-state index < -0.39 is 22.0 Å². The van der Waals surface area contributed by atoms with Crippen molar-refractivity contribution in [2.75, 3.05) is 12.4 Å². The molecule has 25 heavy (non-hydrogen) atoms. The number of halogens is 2. The Hall–Kier alpha value is -1.80. The molecule has 0 bridgehead atoms. The van der Waals surface area contributed by atoms with E-state index in [2.05, 4.69) is 10.0 Å². The van der Waals surface area contributed by atoms with Gasteiger partial charge in [-0.15, -0.1) is 0 Å². The average molecular weight is 403 g/mol. The van der Waals surface area contributed by atoms with Gasteiger partial charge in [0.2, 0.25) is 15.9 Å². The minimum absolute atomic E-state index is 0.127. The van der Waals surface area contributed by atoms with Crippen molar-refractivity contribution in [1.82, 2.24) is 4.72 Å². The zero-order chi connectivity index (χ0) is 18.6. The summed E-state index contributed by atoms with van der Waals surface area (Å²) < 4.78 is 32.4. The maximum atomic E-state index is 12.5. The lowest BCUT2D eigenvalue weighted by molar-refractivity contribution is -0.117. The molecule has 2 aromatic carbocycles. The van der Waals surface area contributed by atoms with Crippen LogP contribution in [-0.4, -0.2) is 27.5 Å². The number of carbonyl (C=O) groups excluding carboxylic acids is 1. The van der Waals surface area contributed by atoms with E-state index in [9.17, 15) is 13.2 Å². The van der Waals surface area contributed by atoms with Crippen molar-refractivity contribution < 1.29 is 17.9 Å². The van der Waals surface area contributed by atoms with E-state index in [1.54, 1.807) is 24.3 Å². The second kappa shape index (κ2) is 8.05. The lowest BCUT2D eigenvalue weighted by atomic mass is 10.3. The number of sulfonamides is 1. The molecule has 1 atom stereocenters. The maximum absolute atomic E-state index is 12.5. The molecule has 2 N–H and O–H groups in total. The molecule has 2 aromatic rings. The summed E-state index contributed by atoms with van der Waals surface area (Å²) in [7, 11) is -2.66. The minimum Gasteiger partial charge on any atom is -0.495 e. The fourth-order valence-corrected chi connectivity index (χ4v) is 3.75. The number of anilines is 1. The molecule has 0 heterocycles. The SMILES string of the molecule is COc1ccc(Cl)cc1S(=O)(=O)N[C@H](C)C(=O)Nc1ccc(Cl)cc1. The van der Waals surface area contributed by atoms with Gasteiger partial charge in [-0.25, -0.2) is 8.42 Å². The predicted molar refractivity (Wildman–Crippen MR) is 97.9 cm³/mol. The first-order chi connectivity index (χ1) is 11.7. The Morgan fingerprint density at radius 3 is 2.28 bits per heavy atom. The van der Waals surface area contributed by atoms with Gasteiger partial charge in [0.25, 0.3) is 0 Å². The van der Waals surface area contributed by atoms with Gasteiger partial charge in [-0.3, -0.25) is 4.79 Å². The van der Waals surface area contributed by atoms with Crippen LogP contribution in [0, 0.1) is 0 Å². The molecule has 0 saturated carbocycles. The lowest BCUT2D eigenvalue weighted by Crippen LogP contribution is -2.41. The smallest absolute Gasteiger partial charge is 0.245 e. The Kier molecular flexibility index (Phi) is 6.29. The molecule has 0 saturated heterocycles. The summed E-state index contributed by atoms with van der Waals surface area (Å²) in [6, 6.07) is 9.64. The third-order valence-corrected chi connectivity index (χ3v) is 5.30. The molecule has 0 aliphatic rings. The summed E-state index contributed by atoms with van der Waals surface area (Å²) >= 11 is 11.6. The minimum atomic E-state index is -4.01. The number of methoxy groups -OCH3 is 1. The standard InChI is InChI=1S/C16H16Cl2N2O4S/c1-10(16(21)19-13-6-3-11(17)4-7-13)20-25(22,23)15-9-12(18)5-8-14(15)24-2/h3-10,20H,1-2H3,(H,19,21)/t10-/m1/s1. The lowest BCUT2D eigenvalue weighted by Gasteiger charge is -2.16. The van der Waals surface area contributed by atoms with Gasteiger partial charge in [0, 0.05) is 15.7 Å². The van der Waals surface area contributed by atoms with Gasteiger partial charge in [-0.2, -0.15) is 4.72 Å². The van der Waals surface area contributed by atoms with Crippen LogP contribution in [0.2, 0.25) is 10.0 Å². The van der Waals surface area contributed by atoms with Crippen LogP contribution in [-0.2, 0) is 14.8 Å². The molecular formula is C16H16Cl2N2O4S. The van der Waals surface area contributed by atoms with Crippen LogP contribution in [0.15, 0.2) is 47.4 Å². The first-order valence-corrected chi connectivity index (χ1v) is 9.39. The topological polar surface area (TPSA) is 84.5 Å². The molecule has 1 amide bonds. The number of ether oxygens (including phenoxy) is 1. The highest BCUT2D eigenvalue weighted by molar-refractivity contribution is 7.89. The van der Waals surface area contributed by atoms with Crippen molar-refractivity contribution in [3.63, 3.8) is 0 Å². The summed E-state index contributed by atoms with van der Waals surface area (Å²) in [5.41, 5.74) is 0.501. The third-order valence-electron chi connectivity index (χ3n) is 3.25. The second-order valence-electron chi connectivity index (χ2n) is 5.13. The fraction of sp³-hybridized carbons (Fsp3) is 0.188. The van der Waals surface area contributed by atoms with Gasteiger partial charge in [0.05, 0.1) is 13.2 Å². The van der Waals surface area contributed by atoms with Gasteiger partial charge in [0.1, 0.15) is 10.6 Å². The molecule has 6 nitrogen and oxygen atoms in total. The highest BCUT2D eigenvalue weighted by Gasteiger charge is 2.25. The van der Waals surface area contributed by atoms with E-state index in [4.69, 9.17) is 27.9 Å². The average Bonchev–Trinajstić information content (AvgIpc) is 2.56. The molecular weight excluding hydrogens is 387 g/mol. The molecule has 0 aliphatic heterocycles. The highest BCUT2D eigenvalue weighted by atomic mass is 35.5. The molecule has 0 radical (unpaired) electrons. The summed E-state index contributed by atoms with van der Waals surface area (Å²) in [5.74, 6) is -0.394. The van der Waals surface area contributed by atoms with Gasteiger partial charge >= 0.3 is 0 Å².